The molecule has 1 N–H and O–H groups in total. The van der Waals surface area contributed by atoms with Gasteiger partial charge in [-0.1, -0.05) is 23.7 Å². The fraction of sp³-hybridized carbons (Fsp3) is 0.188. The molecule has 0 saturated carbocycles. The molecule has 0 aliphatic rings. The Bertz CT molecular complexity index is 845. The van der Waals surface area contributed by atoms with Crippen LogP contribution < -0.4 is 0 Å². The summed E-state index contributed by atoms with van der Waals surface area (Å²) in [5, 5.41) is 11.5. The minimum Gasteiger partial charge on any atom is -0.341 e. The van der Waals surface area contributed by atoms with Gasteiger partial charge >= 0.3 is 0 Å². The van der Waals surface area contributed by atoms with E-state index in [9.17, 15) is 10.1 Å². The largest absolute Gasteiger partial charge is 0.341 e. The first-order valence-corrected chi connectivity index (χ1v) is 7.45. The zero-order valence-corrected chi connectivity index (χ0v) is 13.2. The Balaban J connectivity index is 1.72. The second-order valence-electron chi connectivity index (χ2n) is 5.44. The van der Waals surface area contributed by atoms with Gasteiger partial charge in [-0.2, -0.15) is 0 Å². The van der Waals surface area contributed by atoms with Crippen LogP contribution in [0.25, 0.3) is 11.0 Å². The van der Waals surface area contributed by atoms with Crippen molar-refractivity contribution in [3.8, 4) is 0 Å². The maximum Gasteiger partial charge on any atom is 0.271 e. The number of fused-ring (bicyclic) bond motifs is 1. The highest BCUT2D eigenvalue weighted by Gasteiger charge is 2.11. The van der Waals surface area contributed by atoms with Gasteiger partial charge in [0.05, 0.1) is 22.5 Å². The number of rotatable bonds is 5. The van der Waals surface area contributed by atoms with Crippen LogP contribution in [0.15, 0.2) is 42.5 Å². The quantitative estimate of drug-likeness (QED) is 0.571. The van der Waals surface area contributed by atoms with Crippen LogP contribution in [0.1, 0.15) is 11.4 Å². The van der Waals surface area contributed by atoms with E-state index in [-0.39, 0.29) is 5.69 Å². The number of hydrogen-bond donors (Lipinski definition) is 1. The third-order valence-corrected chi connectivity index (χ3v) is 3.76. The summed E-state index contributed by atoms with van der Waals surface area (Å²) in [4.78, 5) is 20.1. The fourth-order valence-electron chi connectivity index (χ4n) is 2.45. The molecule has 7 heteroatoms. The summed E-state index contributed by atoms with van der Waals surface area (Å²) >= 11 is 5.88. The molecule has 1 heterocycles. The summed E-state index contributed by atoms with van der Waals surface area (Å²) in [5.41, 5.74) is 2.62. The molecule has 0 aliphatic carbocycles. The minimum absolute atomic E-state index is 0.0576. The maximum atomic E-state index is 10.8. The van der Waals surface area contributed by atoms with Crippen LogP contribution in [0.2, 0.25) is 5.02 Å². The predicted octanol–water partition coefficient (Wildman–Crippen LogP) is 3.76. The van der Waals surface area contributed by atoms with Crippen molar-refractivity contribution in [2.45, 2.75) is 13.1 Å². The highest BCUT2D eigenvalue weighted by Crippen LogP contribution is 2.19. The van der Waals surface area contributed by atoms with Crippen LogP contribution in [-0.4, -0.2) is 26.8 Å². The molecule has 0 amide bonds. The van der Waals surface area contributed by atoms with Gasteiger partial charge in [-0.05, 0) is 30.8 Å². The summed E-state index contributed by atoms with van der Waals surface area (Å²) in [7, 11) is 1.99. The Morgan fingerprint density at radius 3 is 2.65 bits per heavy atom. The van der Waals surface area contributed by atoms with Crippen molar-refractivity contribution in [1.82, 2.24) is 14.9 Å². The van der Waals surface area contributed by atoms with Gasteiger partial charge in [0.25, 0.3) is 5.69 Å². The van der Waals surface area contributed by atoms with Crippen molar-refractivity contribution in [1.29, 1.82) is 0 Å². The van der Waals surface area contributed by atoms with Gasteiger partial charge in [0.1, 0.15) is 5.82 Å². The zero-order chi connectivity index (χ0) is 16.4. The monoisotopic (exact) mass is 330 g/mol. The molecule has 2 aromatic carbocycles. The van der Waals surface area contributed by atoms with Gasteiger partial charge in [-0.15, -0.1) is 0 Å². The Hall–Kier alpha value is -2.44. The van der Waals surface area contributed by atoms with E-state index in [2.05, 4.69) is 14.9 Å². The lowest BCUT2D eigenvalue weighted by Crippen LogP contribution is -2.17. The first-order valence-electron chi connectivity index (χ1n) is 7.07. The van der Waals surface area contributed by atoms with Crippen LogP contribution in [0.3, 0.4) is 0 Å². The molecular formula is C16H15ClN4O2. The molecule has 0 spiro atoms. The number of non-ortho nitro benzene ring substituents is 1. The van der Waals surface area contributed by atoms with E-state index < -0.39 is 4.92 Å². The molecule has 0 bridgehead atoms. The van der Waals surface area contributed by atoms with Crippen LogP contribution in [0.4, 0.5) is 5.69 Å². The minimum atomic E-state index is -0.410. The summed E-state index contributed by atoms with van der Waals surface area (Å²) in [6.07, 6.45) is 0. The van der Waals surface area contributed by atoms with Crippen molar-refractivity contribution in [3.05, 3.63) is 69.0 Å². The first kappa shape index (κ1) is 15.5. The van der Waals surface area contributed by atoms with Crippen molar-refractivity contribution < 1.29 is 4.92 Å². The van der Waals surface area contributed by atoms with Gasteiger partial charge in [-0.25, -0.2) is 4.98 Å². The third-order valence-electron chi connectivity index (χ3n) is 3.51. The summed E-state index contributed by atoms with van der Waals surface area (Å²) in [6.45, 7) is 1.37. The van der Waals surface area contributed by atoms with Crippen LogP contribution in [-0.2, 0) is 13.1 Å². The average Bonchev–Trinajstić information content (AvgIpc) is 2.90. The van der Waals surface area contributed by atoms with E-state index in [1.54, 1.807) is 6.07 Å². The Morgan fingerprint density at radius 1 is 1.22 bits per heavy atom. The van der Waals surface area contributed by atoms with E-state index in [0.717, 1.165) is 28.5 Å². The normalized spacial score (nSPS) is 11.3. The van der Waals surface area contributed by atoms with Crippen molar-refractivity contribution in [2.24, 2.45) is 0 Å². The second kappa shape index (κ2) is 6.36. The number of hydrogen-bond acceptors (Lipinski definition) is 4. The SMILES string of the molecule is CN(Cc1ccc(Cl)cc1)Cc1nc2ccc([N+](=O)[O-])cc2[nH]1. The van der Waals surface area contributed by atoms with E-state index in [4.69, 9.17) is 11.6 Å². The number of nitrogens with zero attached hydrogens (tertiary/aromatic N) is 3. The lowest BCUT2D eigenvalue weighted by atomic mass is 10.2. The van der Waals surface area contributed by atoms with Crippen LogP contribution >= 0.6 is 11.6 Å². The Morgan fingerprint density at radius 2 is 1.96 bits per heavy atom. The molecular weight excluding hydrogens is 316 g/mol. The van der Waals surface area contributed by atoms with Crippen molar-refractivity contribution >= 4 is 28.3 Å². The number of nitro groups is 1. The molecule has 6 nitrogen and oxygen atoms in total. The number of aromatic nitrogens is 2. The number of imidazole rings is 1. The predicted molar refractivity (Wildman–Crippen MR) is 89.4 cm³/mol. The third kappa shape index (κ3) is 3.67. The van der Waals surface area contributed by atoms with Gasteiger partial charge in [0, 0.05) is 23.7 Å². The number of benzene rings is 2. The van der Waals surface area contributed by atoms with Crippen LogP contribution in [0.5, 0.6) is 0 Å². The number of nitro benzene ring substituents is 1. The van der Waals surface area contributed by atoms with E-state index in [1.165, 1.54) is 12.1 Å². The molecule has 0 saturated heterocycles. The Kier molecular flexibility index (Phi) is 4.27. The number of H-pyrrole nitrogens is 1. The highest BCUT2D eigenvalue weighted by atomic mass is 35.5. The lowest BCUT2D eigenvalue weighted by Gasteiger charge is -2.15. The summed E-state index contributed by atoms with van der Waals surface area (Å²) < 4.78 is 0. The topological polar surface area (TPSA) is 75.1 Å². The molecule has 3 aromatic rings. The van der Waals surface area contributed by atoms with Gasteiger partial charge in [0.2, 0.25) is 0 Å². The summed E-state index contributed by atoms with van der Waals surface area (Å²) in [5.74, 6) is 0.775. The van der Waals surface area contributed by atoms with Crippen molar-refractivity contribution in [2.75, 3.05) is 7.05 Å². The van der Waals surface area contributed by atoms with Crippen molar-refractivity contribution in [3.63, 3.8) is 0 Å². The number of aromatic amines is 1. The molecule has 118 valence electrons. The Labute approximate surface area is 137 Å². The molecule has 0 fully saturated rings. The molecule has 0 atom stereocenters. The first-order chi connectivity index (χ1) is 11.0. The van der Waals surface area contributed by atoms with Gasteiger partial charge in [0.15, 0.2) is 0 Å². The van der Waals surface area contributed by atoms with Crippen LogP contribution in [0, 0.1) is 10.1 Å². The highest BCUT2D eigenvalue weighted by molar-refractivity contribution is 6.30. The van der Waals surface area contributed by atoms with Gasteiger partial charge in [-0.3, -0.25) is 15.0 Å². The second-order valence-corrected chi connectivity index (χ2v) is 5.88. The van der Waals surface area contributed by atoms with E-state index in [0.29, 0.717) is 12.1 Å². The van der Waals surface area contributed by atoms with Gasteiger partial charge < -0.3 is 4.98 Å². The molecule has 0 aliphatic heterocycles. The molecule has 0 radical (unpaired) electrons. The molecule has 3 rings (SSSR count). The molecule has 0 unspecified atom stereocenters. The zero-order valence-electron chi connectivity index (χ0n) is 12.5. The lowest BCUT2D eigenvalue weighted by molar-refractivity contribution is -0.384. The van der Waals surface area contributed by atoms with E-state index in [1.807, 2.05) is 31.3 Å². The molecule has 1 aromatic heterocycles. The maximum absolute atomic E-state index is 10.8. The smallest absolute Gasteiger partial charge is 0.271 e. The number of halogens is 1. The average molecular weight is 331 g/mol. The van der Waals surface area contributed by atoms with E-state index >= 15 is 0 Å². The summed E-state index contributed by atoms with van der Waals surface area (Å²) in [6, 6.07) is 12.3. The number of nitrogens with one attached hydrogen (secondary N) is 1. The fourth-order valence-corrected chi connectivity index (χ4v) is 2.58. The molecule has 23 heavy (non-hydrogen) atoms. The standard InChI is InChI=1S/C16H15ClN4O2/c1-20(9-11-2-4-12(17)5-3-11)10-16-18-14-7-6-13(21(22)23)8-15(14)19-16/h2-8H,9-10H2,1H3,(H,18,19).